The fraction of sp³-hybridized carbons (Fsp3) is 0.211. The van der Waals surface area contributed by atoms with Crippen molar-refractivity contribution in [1.29, 1.82) is 0 Å². The molecule has 0 fully saturated rings. The summed E-state index contributed by atoms with van der Waals surface area (Å²) in [5, 5.41) is 3.96. The Morgan fingerprint density at radius 3 is 2.52 bits per heavy atom. The molecule has 0 aromatic heterocycles. The number of nitrogens with one attached hydrogen (secondary N) is 1. The highest BCUT2D eigenvalue weighted by Gasteiger charge is 2.09. The van der Waals surface area contributed by atoms with Crippen molar-refractivity contribution in [3.63, 3.8) is 0 Å². The summed E-state index contributed by atoms with van der Waals surface area (Å²) in [6.07, 6.45) is 1.50. The molecule has 0 saturated heterocycles. The molecule has 2 aromatic rings. The number of carbonyl (C=O) groups is 2. The lowest BCUT2D eigenvalue weighted by atomic mass is 10.2. The van der Waals surface area contributed by atoms with Gasteiger partial charge in [-0.25, -0.2) is 10.2 Å². The zero-order chi connectivity index (χ0) is 19.6. The summed E-state index contributed by atoms with van der Waals surface area (Å²) in [5.41, 5.74) is 3.70. The summed E-state index contributed by atoms with van der Waals surface area (Å²) in [6.45, 7) is 2.06. The Morgan fingerprint density at radius 2 is 1.85 bits per heavy atom. The van der Waals surface area contributed by atoms with Gasteiger partial charge in [-0.05, 0) is 77.5 Å². The molecule has 0 spiro atoms. The van der Waals surface area contributed by atoms with Crippen molar-refractivity contribution in [2.24, 2.45) is 5.10 Å². The van der Waals surface area contributed by atoms with E-state index in [0.29, 0.717) is 29.2 Å². The van der Waals surface area contributed by atoms with Crippen LogP contribution >= 0.6 is 22.6 Å². The van der Waals surface area contributed by atoms with E-state index in [1.54, 1.807) is 30.3 Å². The zero-order valence-corrected chi connectivity index (χ0v) is 17.1. The van der Waals surface area contributed by atoms with Gasteiger partial charge in [0.2, 0.25) is 0 Å². The van der Waals surface area contributed by atoms with Gasteiger partial charge in [0, 0.05) is 9.13 Å². The van der Waals surface area contributed by atoms with E-state index in [1.807, 2.05) is 19.1 Å². The fourth-order valence-corrected chi connectivity index (χ4v) is 2.38. The largest absolute Gasteiger partial charge is 0.490 e. The molecule has 142 valence electrons. The van der Waals surface area contributed by atoms with E-state index in [0.717, 1.165) is 3.57 Å². The van der Waals surface area contributed by atoms with Crippen LogP contribution in [0.25, 0.3) is 0 Å². The van der Waals surface area contributed by atoms with Crippen LogP contribution in [0.1, 0.15) is 22.8 Å². The molecule has 0 radical (unpaired) electrons. The molecule has 2 rings (SSSR count). The highest BCUT2D eigenvalue weighted by atomic mass is 127. The first-order valence-corrected chi connectivity index (χ1v) is 9.16. The Morgan fingerprint density at radius 1 is 1.11 bits per heavy atom. The van der Waals surface area contributed by atoms with Gasteiger partial charge in [0.15, 0.2) is 18.1 Å². The fourth-order valence-electron chi connectivity index (χ4n) is 2.02. The third-order valence-electron chi connectivity index (χ3n) is 3.33. The van der Waals surface area contributed by atoms with Crippen molar-refractivity contribution in [1.82, 2.24) is 5.43 Å². The molecule has 8 heteroatoms. The van der Waals surface area contributed by atoms with Crippen molar-refractivity contribution in [3.8, 4) is 11.5 Å². The van der Waals surface area contributed by atoms with Gasteiger partial charge < -0.3 is 14.2 Å². The number of hydrazone groups is 1. The van der Waals surface area contributed by atoms with Gasteiger partial charge in [-0.2, -0.15) is 5.10 Å². The Bertz CT molecular complexity index is 821. The monoisotopic (exact) mass is 482 g/mol. The predicted molar refractivity (Wildman–Crippen MR) is 109 cm³/mol. The molecule has 0 saturated carbocycles. The summed E-state index contributed by atoms with van der Waals surface area (Å²) in [5.74, 6) is 0.101. The Kier molecular flexibility index (Phi) is 8.05. The first kappa shape index (κ1) is 20.7. The quantitative estimate of drug-likeness (QED) is 0.271. The van der Waals surface area contributed by atoms with Gasteiger partial charge in [-0.1, -0.05) is 0 Å². The number of carbonyl (C=O) groups excluding carboxylic acids is 2. The third kappa shape index (κ3) is 6.55. The number of methoxy groups -OCH3 is 1. The highest BCUT2D eigenvalue weighted by molar-refractivity contribution is 14.1. The van der Waals surface area contributed by atoms with E-state index in [-0.39, 0.29) is 12.5 Å². The maximum absolute atomic E-state index is 12.0. The second-order valence-corrected chi connectivity index (χ2v) is 6.46. The minimum absolute atomic E-state index is 0.212. The molecule has 0 heterocycles. The predicted octanol–water partition coefficient (Wildman–Crippen LogP) is 3.01. The van der Waals surface area contributed by atoms with Crippen LogP contribution in [0.2, 0.25) is 0 Å². The standard InChI is InChI=1S/C19H19IN2O5/c1-3-26-17-10-13(4-9-16(17)27-12-18(23)25-2)11-21-22-19(24)14-5-7-15(20)8-6-14/h4-11H,3,12H2,1-2H3,(H,22,24)/b21-11-. The SMILES string of the molecule is CCOc1cc(/C=N\NC(=O)c2ccc(I)cc2)ccc1OCC(=O)OC. The van der Waals surface area contributed by atoms with Crippen LogP contribution in [-0.2, 0) is 9.53 Å². The number of halogens is 1. The minimum Gasteiger partial charge on any atom is -0.490 e. The molecular formula is C19H19IN2O5. The molecule has 0 unspecified atom stereocenters. The van der Waals surface area contributed by atoms with Gasteiger partial charge in [0.1, 0.15) is 0 Å². The number of ether oxygens (including phenoxy) is 3. The average molecular weight is 482 g/mol. The van der Waals surface area contributed by atoms with E-state index < -0.39 is 5.97 Å². The van der Waals surface area contributed by atoms with Crippen molar-refractivity contribution < 1.29 is 23.8 Å². The number of nitrogens with zero attached hydrogens (tertiary/aromatic N) is 1. The van der Waals surface area contributed by atoms with Gasteiger partial charge in [-0.3, -0.25) is 4.79 Å². The Balaban J connectivity index is 2.03. The average Bonchev–Trinajstić information content (AvgIpc) is 2.67. The lowest BCUT2D eigenvalue weighted by Crippen LogP contribution is -2.17. The van der Waals surface area contributed by atoms with Gasteiger partial charge in [0.05, 0.1) is 19.9 Å². The Hall–Kier alpha value is -2.62. The Labute approximate surface area is 170 Å². The first-order chi connectivity index (χ1) is 13.0. The lowest BCUT2D eigenvalue weighted by molar-refractivity contribution is -0.142. The summed E-state index contributed by atoms with van der Waals surface area (Å²) in [6, 6.07) is 12.3. The smallest absolute Gasteiger partial charge is 0.343 e. The van der Waals surface area contributed by atoms with E-state index in [4.69, 9.17) is 9.47 Å². The van der Waals surface area contributed by atoms with E-state index in [2.05, 4.69) is 37.9 Å². The van der Waals surface area contributed by atoms with Gasteiger partial charge in [-0.15, -0.1) is 0 Å². The second kappa shape index (κ2) is 10.5. The second-order valence-electron chi connectivity index (χ2n) is 5.21. The van der Waals surface area contributed by atoms with Crippen molar-refractivity contribution >= 4 is 40.7 Å². The third-order valence-corrected chi connectivity index (χ3v) is 4.05. The van der Waals surface area contributed by atoms with Crippen LogP contribution in [0.15, 0.2) is 47.6 Å². The number of hydrogen-bond acceptors (Lipinski definition) is 6. The molecule has 0 aliphatic rings. The van der Waals surface area contributed by atoms with Crippen molar-refractivity contribution in [3.05, 3.63) is 57.2 Å². The number of amides is 1. The van der Waals surface area contributed by atoms with E-state index in [9.17, 15) is 9.59 Å². The maximum atomic E-state index is 12.0. The highest BCUT2D eigenvalue weighted by Crippen LogP contribution is 2.28. The number of hydrogen-bond donors (Lipinski definition) is 1. The van der Waals surface area contributed by atoms with Crippen molar-refractivity contribution in [2.75, 3.05) is 20.3 Å². The maximum Gasteiger partial charge on any atom is 0.343 e. The minimum atomic E-state index is -0.485. The summed E-state index contributed by atoms with van der Waals surface area (Å²) in [7, 11) is 1.29. The molecule has 0 atom stereocenters. The molecule has 0 bridgehead atoms. The van der Waals surface area contributed by atoms with Crippen LogP contribution in [0, 0.1) is 3.57 Å². The van der Waals surface area contributed by atoms with Crippen LogP contribution in [0.5, 0.6) is 11.5 Å². The van der Waals surface area contributed by atoms with Crippen LogP contribution < -0.4 is 14.9 Å². The molecule has 1 N–H and O–H groups in total. The van der Waals surface area contributed by atoms with E-state index >= 15 is 0 Å². The summed E-state index contributed by atoms with van der Waals surface area (Å²) >= 11 is 2.17. The molecule has 0 aliphatic heterocycles. The number of esters is 1. The van der Waals surface area contributed by atoms with Gasteiger partial charge >= 0.3 is 5.97 Å². The van der Waals surface area contributed by atoms with E-state index in [1.165, 1.54) is 13.3 Å². The van der Waals surface area contributed by atoms with Crippen LogP contribution in [0.4, 0.5) is 0 Å². The topological polar surface area (TPSA) is 86.2 Å². The molecule has 0 aliphatic carbocycles. The number of benzene rings is 2. The molecule has 1 amide bonds. The summed E-state index contributed by atoms with van der Waals surface area (Å²) < 4.78 is 16.5. The molecular weight excluding hydrogens is 463 g/mol. The number of rotatable bonds is 8. The van der Waals surface area contributed by atoms with Gasteiger partial charge in [0.25, 0.3) is 5.91 Å². The molecule has 27 heavy (non-hydrogen) atoms. The molecule has 2 aromatic carbocycles. The van der Waals surface area contributed by atoms with Crippen molar-refractivity contribution in [2.45, 2.75) is 6.92 Å². The van der Waals surface area contributed by atoms with Crippen LogP contribution in [0.3, 0.4) is 0 Å². The molecule has 7 nitrogen and oxygen atoms in total. The van der Waals surface area contributed by atoms with Crippen LogP contribution in [-0.4, -0.2) is 38.4 Å². The zero-order valence-electron chi connectivity index (χ0n) is 14.9. The summed E-state index contributed by atoms with van der Waals surface area (Å²) in [4.78, 5) is 23.2. The normalized spacial score (nSPS) is 10.5. The first-order valence-electron chi connectivity index (χ1n) is 8.09. The lowest BCUT2D eigenvalue weighted by Gasteiger charge is -2.11.